The van der Waals surface area contributed by atoms with Gasteiger partial charge in [-0.1, -0.05) is 53.2 Å². The zero-order valence-corrected chi connectivity index (χ0v) is 13.7. The maximum Gasteiger partial charge on any atom is 0.170 e. The molecular weight excluding hydrogens is 314 g/mol. The van der Waals surface area contributed by atoms with E-state index in [0.29, 0.717) is 12.0 Å². The average molecular weight is 330 g/mol. The van der Waals surface area contributed by atoms with Crippen LogP contribution in [0.15, 0.2) is 58.1 Å². The molecule has 5 heteroatoms. The molecule has 22 heavy (non-hydrogen) atoms. The van der Waals surface area contributed by atoms with E-state index >= 15 is 0 Å². The topological polar surface area (TPSA) is 40.7 Å². The number of nitrogens with one attached hydrogen (secondary N) is 2. The smallest absolute Gasteiger partial charge is 0.170 e. The quantitative estimate of drug-likeness (QED) is 0.863. The molecule has 3 nitrogen and oxygen atoms in total. The van der Waals surface area contributed by atoms with E-state index < -0.39 is 0 Å². The van der Waals surface area contributed by atoms with E-state index in [-0.39, 0.29) is 0 Å². The minimum atomic E-state index is 0.420. The summed E-state index contributed by atoms with van der Waals surface area (Å²) >= 11 is 7.74. The molecule has 0 saturated heterocycles. The van der Waals surface area contributed by atoms with E-state index in [1.807, 2.05) is 18.2 Å². The van der Waals surface area contributed by atoms with Gasteiger partial charge in [0, 0.05) is 28.4 Å². The Morgan fingerprint density at radius 1 is 1.27 bits per heavy atom. The number of benzene rings is 1. The number of rotatable bonds is 2. The molecule has 1 aliphatic carbocycles. The molecule has 4 rings (SSSR count). The van der Waals surface area contributed by atoms with Crippen molar-refractivity contribution in [1.29, 1.82) is 0 Å². The number of halogens is 1. The molecule has 1 aliphatic heterocycles. The number of nitrogens with zero attached hydrogens (tertiary/aromatic N) is 1. The van der Waals surface area contributed by atoms with Crippen LogP contribution in [0.2, 0.25) is 5.02 Å². The summed E-state index contributed by atoms with van der Waals surface area (Å²) in [5.74, 6) is 0.445. The van der Waals surface area contributed by atoms with Crippen molar-refractivity contribution in [2.75, 3.05) is 6.54 Å². The molecule has 0 spiro atoms. The normalized spacial score (nSPS) is 24.1. The van der Waals surface area contributed by atoms with Crippen LogP contribution in [0.5, 0.6) is 0 Å². The number of H-pyrrole nitrogens is 1. The van der Waals surface area contributed by atoms with E-state index in [1.54, 1.807) is 11.8 Å². The summed E-state index contributed by atoms with van der Waals surface area (Å²) in [5.41, 5.74) is 3.36. The molecule has 0 saturated carbocycles. The van der Waals surface area contributed by atoms with Crippen LogP contribution >= 0.6 is 23.4 Å². The van der Waals surface area contributed by atoms with Crippen molar-refractivity contribution in [2.45, 2.75) is 18.1 Å². The molecule has 2 N–H and O–H groups in total. The molecular formula is C17H16ClN3S. The van der Waals surface area contributed by atoms with Crippen molar-refractivity contribution < 1.29 is 0 Å². The molecule has 2 aromatic rings. The lowest BCUT2D eigenvalue weighted by atomic mass is 9.86. The van der Waals surface area contributed by atoms with Crippen molar-refractivity contribution >= 4 is 34.4 Å². The molecule has 112 valence electrons. The van der Waals surface area contributed by atoms with Crippen LogP contribution in [-0.4, -0.2) is 22.6 Å². The zero-order valence-electron chi connectivity index (χ0n) is 12.1. The SMILES string of the molecule is CC1=C(Sc2nc3ccc(Cl)cc3[nH]2)CNC2C=CC=CC12. The number of hydrogen-bond donors (Lipinski definition) is 2. The third kappa shape index (κ3) is 2.51. The van der Waals surface area contributed by atoms with Gasteiger partial charge in [0.25, 0.3) is 0 Å². The van der Waals surface area contributed by atoms with Crippen LogP contribution in [0.4, 0.5) is 0 Å². The van der Waals surface area contributed by atoms with Gasteiger partial charge in [-0.05, 0) is 25.1 Å². The standard InChI is InChI=1S/C17H16ClN3S/c1-10-12-4-2-3-5-13(12)19-9-16(10)22-17-20-14-7-6-11(18)8-15(14)21-17/h2-8,12-13,19H,9H2,1H3,(H,20,21). The highest BCUT2D eigenvalue weighted by atomic mass is 35.5. The molecule has 0 amide bonds. The van der Waals surface area contributed by atoms with E-state index in [1.165, 1.54) is 10.5 Å². The highest BCUT2D eigenvalue weighted by Crippen LogP contribution is 2.36. The van der Waals surface area contributed by atoms with Gasteiger partial charge in [0.1, 0.15) is 0 Å². The first-order valence-corrected chi connectivity index (χ1v) is 8.51. The van der Waals surface area contributed by atoms with Crippen LogP contribution < -0.4 is 5.32 Å². The van der Waals surface area contributed by atoms with Gasteiger partial charge in [-0.25, -0.2) is 4.98 Å². The predicted octanol–water partition coefficient (Wildman–Crippen LogP) is 4.30. The summed E-state index contributed by atoms with van der Waals surface area (Å²) in [5, 5.41) is 5.23. The van der Waals surface area contributed by atoms with Crippen molar-refractivity contribution in [3.8, 4) is 0 Å². The Morgan fingerprint density at radius 3 is 3.05 bits per heavy atom. The highest BCUT2D eigenvalue weighted by Gasteiger charge is 2.27. The van der Waals surface area contributed by atoms with Crippen molar-refractivity contribution in [2.24, 2.45) is 5.92 Å². The summed E-state index contributed by atoms with van der Waals surface area (Å²) in [7, 11) is 0. The molecule has 2 unspecified atom stereocenters. The summed E-state index contributed by atoms with van der Waals surface area (Å²) in [4.78, 5) is 9.33. The maximum absolute atomic E-state index is 6.03. The molecule has 2 atom stereocenters. The molecule has 0 bridgehead atoms. The van der Waals surface area contributed by atoms with Gasteiger partial charge in [0.15, 0.2) is 5.16 Å². The fourth-order valence-corrected chi connectivity index (χ4v) is 4.15. The third-order valence-electron chi connectivity index (χ3n) is 4.22. The van der Waals surface area contributed by atoms with Crippen molar-refractivity contribution in [3.63, 3.8) is 0 Å². The van der Waals surface area contributed by atoms with Gasteiger partial charge < -0.3 is 10.3 Å². The fourth-order valence-electron chi connectivity index (χ4n) is 2.99. The Labute approximate surface area is 138 Å². The number of aromatic amines is 1. The van der Waals surface area contributed by atoms with Crippen LogP contribution in [0, 0.1) is 5.92 Å². The summed E-state index contributed by atoms with van der Waals surface area (Å²) in [6, 6.07) is 6.15. The highest BCUT2D eigenvalue weighted by molar-refractivity contribution is 8.03. The number of aromatic nitrogens is 2. The lowest BCUT2D eigenvalue weighted by molar-refractivity contribution is 0.507. The molecule has 2 heterocycles. The maximum atomic E-state index is 6.03. The number of allylic oxidation sites excluding steroid dienone is 2. The first-order valence-electron chi connectivity index (χ1n) is 7.32. The van der Waals surface area contributed by atoms with Gasteiger partial charge in [-0.2, -0.15) is 0 Å². The van der Waals surface area contributed by atoms with E-state index in [9.17, 15) is 0 Å². The first-order chi connectivity index (χ1) is 10.7. The number of fused-ring (bicyclic) bond motifs is 2. The second kappa shape index (κ2) is 5.61. The summed E-state index contributed by atoms with van der Waals surface area (Å²) in [6.45, 7) is 3.11. The second-order valence-corrected chi connectivity index (χ2v) is 7.13. The van der Waals surface area contributed by atoms with Gasteiger partial charge in [0.05, 0.1) is 11.0 Å². The van der Waals surface area contributed by atoms with Gasteiger partial charge in [0.2, 0.25) is 0 Å². The lowest BCUT2D eigenvalue weighted by Crippen LogP contribution is -2.40. The van der Waals surface area contributed by atoms with Gasteiger partial charge in [-0.15, -0.1) is 0 Å². The van der Waals surface area contributed by atoms with Crippen LogP contribution in [-0.2, 0) is 0 Å². The van der Waals surface area contributed by atoms with Crippen LogP contribution in [0.1, 0.15) is 6.92 Å². The Balaban J connectivity index is 1.64. The second-order valence-electron chi connectivity index (χ2n) is 5.61. The van der Waals surface area contributed by atoms with Crippen molar-refractivity contribution in [3.05, 3.63) is 58.0 Å². The lowest BCUT2D eigenvalue weighted by Gasteiger charge is -2.32. The molecule has 1 aromatic carbocycles. The monoisotopic (exact) mass is 329 g/mol. The van der Waals surface area contributed by atoms with E-state index in [2.05, 4.69) is 46.5 Å². The summed E-state index contributed by atoms with van der Waals surface area (Å²) in [6.07, 6.45) is 8.75. The number of imidazole rings is 1. The Morgan fingerprint density at radius 2 is 2.14 bits per heavy atom. The average Bonchev–Trinajstić information content (AvgIpc) is 2.92. The minimum absolute atomic E-state index is 0.420. The van der Waals surface area contributed by atoms with E-state index in [0.717, 1.165) is 27.8 Å². The fraction of sp³-hybridized carbons (Fsp3) is 0.235. The van der Waals surface area contributed by atoms with Crippen LogP contribution in [0.3, 0.4) is 0 Å². The van der Waals surface area contributed by atoms with Gasteiger partial charge in [-0.3, -0.25) is 0 Å². The number of hydrogen-bond acceptors (Lipinski definition) is 3. The molecule has 1 aromatic heterocycles. The molecule has 0 radical (unpaired) electrons. The largest absolute Gasteiger partial charge is 0.333 e. The zero-order chi connectivity index (χ0) is 15.1. The first kappa shape index (κ1) is 14.1. The third-order valence-corrected chi connectivity index (χ3v) is 5.55. The predicted molar refractivity (Wildman–Crippen MR) is 93.2 cm³/mol. The van der Waals surface area contributed by atoms with Gasteiger partial charge >= 0.3 is 0 Å². The summed E-state index contributed by atoms with van der Waals surface area (Å²) < 4.78 is 0. The molecule has 2 aliphatic rings. The number of thioether (sulfide) groups is 1. The molecule has 0 fully saturated rings. The Hall–Kier alpha value is -1.49. The van der Waals surface area contributed by atoms with Crippen molar-refractivity contribution in [1.82, 2.24) is 15.3 Å². The van der Waals surface area contributed by atoms with E-state index in [4.69, 9.17) is 11.6 Å². The Bertz CT molecular complexity index is 818. The minimum Gasteiger partial charge on any atom is -0.333 e. The Kier molecular flexibility index (Phi) is 3.60. The van der Waals surface area contributed by atoms with Crippen LogP contribution in [0.25, 0.3) is 11.0 Å².